The van der Waals surface area contributed by atoms with Gasteiger partial charge in [0.05, 0.1) is 13.7 Å². The first kappa shape index (κ1) is 13.7. The van der Waals surface area contributed by atoms with E-state index in [1.165, 1.54) is 0 Å². The van der Waals surface area contributed by atoms with Gasteiger partial charge in [-0.05, 0) is 11.6 Å². The number of nitrogens with zero attached hydrogens (tertiary/aromatic N) is 1. The minimum absolute atomic E-state index is 0.197. The van der Waals surface area contributed by atoms with Crippen LogP contribution in [0.1, 0.15) is 5.56 Å². The highest BCUT2D eigenvalue weighted by Gasteiger charge is 2.23. The normalized spacial score (nSPS) is 16.3. The number of hydrogen-bond acceptors (Lipinski definition) is 5. The predicted octanol–water partition coefficient (Wildman–Crippen LogP) is 2.45. The molecule has 1 atom stereocenters. The lowest BCUT2D eigenvalue weighted by Gasteiger charge is -2.11. The number of rotatable bonds is 7. The molecule has 0 N–H and O–H groups in total. The molecule has 0 bridgehead atoms. The van der Waals surface area contributed by atoms with Gasteiger partial charge in [-0.25, -0.2) is 0 Å². The Labute approximate surface area is 123 Å². The van der Waals surface area contributed by atoms with Crippen molar-refractivity contribution in [3.8, 4) is 17.5 Å². The fraction of sp³-hybridized carbons (Fsp3) is 0.312. The van der Waals surface area contributed by atoms with E-state index in [2.05, 4.69) is 4.98 Å². The van der Waals surface area contributed by atoms with Gasteiger partial charge in [0.1, 0.15) is 19.3 Å². The number of hydrogen-bond donors (Lipinski definition) is 0. The van der Waals surface area contributed by atoms with Crippen LogP contribution in [0.15, 0.2) is 42.5 Å². The summed E-state index contributed by atoms with van der Waals surface area (Å²) in [4.78, 5) is 4.33. The Morgan fingerprint density at radius 3 is 2.67 bits per heavy atom. The van der Waals surface area contributed by atoms with Crippen molar-refractivity contribution in [1.29, 1.82) is 0 Å². The zero-order valence-electron chi connectivity index (χ0n) is 11.8. The molecular formula is C16H17NO4. The quantitative estimate of drug-likeness (QED) is 0.732. The van der Waals surface area contributed by atoms with E-state index in [-0.39, 0.29) is 6.10 Å². The van der Waals surface area contributed by atoms with Crippen molar-refractivity contribution in [2.45, 2.75) is 12.7 Å². The monoisotopic (exact) mass is 287 g/mol. The van der Waals surface area contributed by atoms with Crippen LogP contribution in [0.25, 0.3) is 0 Å². The van der Waals surface area contributed by atoms with Gasteiger partial charge in [-0.1, -0.05) is 30.3 Å². The molecule has 0 spiro atoms. The standard InChI is InChI=1S/C16H17NO4/c1-18-14-7-8-15(20-11-13-10-19-13)17-16(14)21-9-12-5-3-2-4-6-12/h2-8,13H,9-11H2,1H3. The maximum Gasteiger partial charge on any atom is 0.260 e. The lowest BCUT2D eigenvalue weighted by molar-refractivity contribution is 0.240. The molecule has 2 heterocycles. The van der Waals surface area contributed by atoms with Crippen LogP contribution < -0.4 is 14.2 Å². The Balaban J connectivity index is 1.67. The highest BCUT2D eigenvalue weighted by Crippen LogP contribution is 2.28. The minimum atomic E-state index is 0.197. The number of epoxide rings is 1. The van der Waals surface area contributed by atoms with E-state index < -0.39 is 0 Å². The van der Waals surface area contributed by atoms with Gasteiger partial charge in [-0.2, -0.15) is 4.98 Å². The average molecular weight is 287 g/mol. The van der Waals surface area contributed by atoms with Crippen molar-refractivity contribution < 1.29 is 18.9 Å². The van der Waals surface area contributed by atoms with Gasteiger partial charge in [0, 0.05) is 6.07 Å². The van der Waals surface area contributed by atoms with Crippen LogP contribution in [0.4, 0.5) is 0 Å². The van der Waals surface area contributed by atoms with Crippen LogP contribution >= 0.6 is 0 Å². The molecule has 3 rings (SSSR count). The molecule has 1 aliphatic rings. The van der Waals surface area contributed by atoms with E-state index in [0.29, 0.717) is 30.7 Å². The van der Waals surface area contributed by atoms with Gasteiger partial charge in [-0.15, -0.1) is 0 Å². The van der Waals surface area contributed by atoms with E-state index in [4.69, 9.17) is 18.9 Å². The summed E-state index contributed by atoms with van der Waals surface area (Å²) in [6, 6.07) is 13.5. The van der Waals surface area contributed by atoms with E-state index in [1.807, 2.05) is 30.3 Å². The Morgan fingerprint density at radius 2 is 1.95 bits per heavy atom. The molecule has 5 heteroatoms. The Bertz CT molecular complexity index is 584. The molecule has 110 valence electrons. The smallest absolute Gasteiger partial charge is 0.260 e. The van der Waals surface area contributed by atoms with Crippen molar-refractivity contribution in [3.63, 3.8) is 0 Å². The lowest BCUT2D eigenvalue weighted by Crippen LogP contribution is -2.06. The van der Waals surface area contributed by atoms with Crippen LogP contribution in [0.2, 0.25) is 0 Å². The molecule has 1 aromatic heterocycles. The summed E-state index contributed by atoms with van der Waals surface area (Å²) in [5, 5.41) is 0. The third-order valence-electron chi connectivity index (χ3n) is 3.06. The number of ether oxygens (including phenoxy) is 4. The van der Waals surface area contributed by atoms with E-state index in [9.17, 15) is 0 Å². The second-order valence-electron chi connectivity index (χ2n) is 4.70. The first-order valence-electron chi connectivity index (χ1n) is 6.81. The topological polar surface area (TPSA) is 53.1 Å². The lowest BCUT2D eigenvalue weighted by atomic mass is 10.2. The van der Waals surface area contributed by atoms with Gasteiger partial charge in [-0.3, -0.25) is 0 Å². The molecule has 1 unspecified atom stereocenters. The molecule has 21 heavy (non-hydrogen) atoms. The summed E-state index contributed by atoms with van der Waals surface area (Å²) in [6.07, 6.45) is 0.197. The average Bonchev–Trinajstić information content (AvgIpc) is 3.36. The predicted molar refractivity (Wildman–Crippen MR) is 76.8 cm³/mol. The fourth-order valence-electron chi connectivity index (χ4n) is 1.82. The van der Waals surface area contributed by atoms with Gasteiger partial charge >= 0.3 is 0 Å². The van der Waals surface area contributed by atoms with E-state index in [1.54, 1.807) is 19.2 Å². The van der Waals surface area contributed by atoms with E-state index >= 15 is 0 Å². The summed E-state index contributed by atoms with van der Waals surface area (Å²) in [6.45, 7) is 1.70. The first-order chi connectivity index (χ1) is 10.3. The van der Waals surface area contributed by atoms with Crippen LogP contribution in [0.5, 0.6) is 17.5 Å². The number of methoxy groups -OCH3 is 1. The van der Waals surface area contributed by atoms with Gasteiger partial charge in [0.2, 0.25) is 5.88 Å². The number of aromatic nitrogens is 1. The molecule has 1 saturated heterocycles. The third kappa shape index (κ3) is 3.86. The molecule has 0 saturated carbocycles. The van der Waals surface area contributed by atoms with Crippen molar-refractivity contribution in [1.82, 2.24) is 4.98 Å². The van der Waals surface area contributed by atoms with Gasteiger partial charge in [0.25, 0.3) is 5.88 Å². The molecular weight excluding hydrogens is 270 g/mol. The molecule has 1 aliphatic heterocycles. The van der Waals surface area contributed by atoms with E-state index in [0.717, 1.165) is 12.2 Å². The molecule has 1 aromatic carbocycles. The minimum Gasteiger partial charge on any atom is -0.491 e. The number of pyridine rings is 1. The Hall–Kier alpha value is -2.27. The van der Waals surface area contributed by atoms with Crippen LogP contribution in [-0.4, -0.2) is 31.4 Å². The molecule has 2 aromatic rings. The Kier molecular flexibility index (Phi) is 4.21. The summed E-state index contributed by atoms with van der Waals surface area (Å²) >= 11 is 0. The molecule has 0 amide bonds. The third-order valence-corrected chi connectivity index (χ3v) is 3.06. The zero-order valence-corrected chi connectivity index (χ0v) is 11.8. The van der Waals surface area contributed by atoms with Crippen molar-refractivity contribution in [2.75, 3.05) is 20.3 Å². The molecule has 1 fully saturated rings. The van der Waals surface area contributed by atoms with Crippen molar-refractivity contribution >= 4 is 0 Å². The molecule has 0 radical (unpaired) electrons. The zero-order chi connectivity index (χ0) is 14.5. The summed E-state index contributed by atoms with van der Waals surface area (Å²) in [5.74, 6) is 1.52. The highest BCUT2D eigenvalue weighted by molar-refractivity contribution is 5.36. The van der Waals surface area contributed by atoms with Crippen LogP contribution in [0, 0.1) is 0 Å². The Morgan fingerprint density at radius 1 is 1.14 bits per heavy atom. The molecule has 5 nitrogen and oxygen atoms in total. The summed E-state index contributed by atoms with van der Waals surface area (Å²) in [7, 11) is 1.59. The highest BCUT2D eigenvalue weighted by atomic mass is 16.6. The maximum absolute atomic E-state index is 5.73. The fourth-order valence-corrected chi connectivity index (χ4v) is 1.82. The number of benzene rings is 1. The van der Waals surface area contributed by atoms with Crippen LogP contribution in [0.3, 0.4) is 0 Å². The molecule has 0 aliphatic carbocycles. The van der Waals surface area contributed by atoms with Crippen molar-refractivity contribution in [3.05, 3.63) is 48.0 Å². The second kappa shape index (κ2) is 6.45. The summed E-state index contributed by atoms with van der Waals surface area (Å²) in [5.41, 5.74) is 1.07. The second-order valence-corrected chi connectivity index (χ2v) is 4.70. The maximum atomic E-state index is 5.73. The first-order valence-corrected chi connectivity index (χ1v) is 6.81. The van der Waals surface area contributed by atoms with Gasteiger partial charge < -0.3 is 18.9 Å². The largest absolute Gasteiger partial charge is 0.491 e. The van der Waals surface area contributed by atoms with Crippen LogP contribution in [-0.2, 0) is 11.3 Å². The van der Waals surface area contributed by atoms with Gasteiger partial charge in [0.15, 0.2) is 5.75 Å². The van der Waals surface area contributed by atoms with Crippen molar-refractivity contribution in [2.24, 2.45) is 0 Å². The SMILES string of the molecule is COc1ccc(OCC2CO2)nc1OCc1ccccc1. The summed E-state index contributed by atoms with van der Waals surface area (Å²) < 4.78 is 21.6.